The first-order valence-corrected chi connectivity index (χ1v) is 6.19. The van der Waals surface area contributed by atoms with Crippen molar-refractivity contribution in [2.24, 2.45) is 0 Å². The third-order valence-corrected chi connectivity index (χ3v) is 2.33. The minimum Gasteiger partial charge on any atom is -0.461 e. The van der Waals surface area contributed by atoms with Crippen LogP contribution < -0.4 is 10.1 Å². The molecule has 2 aromatic rings. The Morgan fingerprint density at radius 2 is 2.11 bits per heavy atom. The molecule has 0 amide bonds. The summed E-state index contributed by atoms with van der Waals surface area (Å²) in [6.45, 7) is 3.82. The molecular weight excluding hydrogens is 300 g/mol. The smallest absolute Gasteiger partial charge is 0.323 e. The van der Waals surface area contributed by atoms with E-state index in [1.807, 2.05) is 13.8 Å². The van der Waals surface area contributed by atoms with Gasteiger partial charge in [0.1, 0.15) is 0 Å². The Hall–Kier alpha value is -1.70. The van der Waals surface area contributed by atoms with Gasteiger partial charge in [0.2, 0.25) is 5.95 Å². The molecular formula is C10H13BrN6O. The molecule has 0 spiro atoms. The highest BCUT2D eigenvalue weighted by Crippen LogP contribution is 2.14. The minimum atomic E-state index is -0.00527. The predicted molar refractivity (Wildman–Crippen MR) is 70.0 cm³/mol. The lowest BCUT2D eigenvalue weighted by molar-refractivity contribution is 0.221. The van der Waals surface area contributed by atoms with E-state index >= 15 is 0 Å². The molecule has 0 aromatic carbocycles. The van der Waals surface area contributed by atoms with Gasteiger partial charge in [-0.05, 0) is 29.8 Å². The van der Waals surface area contributed by atoms with Gasteiger partial charge >= 0.3 is 6.01 Å². The van der Waals surface area contributed by atoms with Gasteiger partial charge in [-0.15, -0.1) is 0 Å². The van der Waals surface area contributed by atoms with Crippen LogP contribution in [0.2, 0.25) is 0 Å². The number of hydrogen-bond acceptors (Lipinski definition) is 6. The summed E-state index contributed by atoms with van der Waals surface area (Å²) >= 11 is 3.32. The maximum absolute atomic E-state index is 5.47. The van der Waals surface area contributed by atoms with Gasteiger partial charge in [0, 0.05) is 13.2 Å². The summed E-state index contributed by atoms with van der Waals surface area (Å²) in [7, 11) is 1.73. The van der Waals surface area contributed by atoms with Crippen LogP contribution in [0.1, 0.15) is 13.8 Å². The normalized spacial score (nSPS) is 10.7. The molecule has 0 aliphatic heterocycles. The lowest BCUT2D eigenvalue weighted by Gasteiger charge is -2.09. The maximum atomic E-state index is 5.47. The number of halogens is 1. The van der Waals surface area contributed by atoms with Crippen LogP contribution in [-0.2, 0) is 0 Å². The average Bonchev–Trinajstić information content (AvgIpc) is 2.74. The van der Waals surface area contributed by atoms with Crippen LogP contribution in [0.15, 0.2) is 16.9 Å². The first-order valence-electron chi connectivity index (χ1n) is 5.39. The average molecular weight is 313 g/mol. The van der Waals surface area contributed by atoms with Crippen molar-refractivity contribution in [3.63, 3.8) is 0 Å². The van der Waals surface area contributed by atoms with E-state index in [0.29, 0.717) is 11.9 Å². The molecule has 0 atom stereocenters. The van der Waals surface area contributed by atoms with Crippen molar-refractivity contribution >= 4 is 21.9 Å². The van der Waals surface area contributed by atoms with Gasteiger partial charge in [-0.1, -0.05) is 0 Å². The molecule has 96 valence electrons. The summed E-state index contributed by atoms with van der Waals surface area (Å²) in [5.74, 6) is 0.831. The Kier molecular flexibility index (Phi) is 3.75. The number of rotatable bonds is 4. The molecule has 2 aromatic heterocycles. The monoisotopic (exact) mass is 312 g/mol. The van der Waals surface area contributed by atoms with E-state index in [0.717, 1.165) is 4.47 Å². The fourth-order valence-electron chi connectivity index (χ4n) is 1.23. The van der Waals surface area contributed by atoms with Crippen LogP contribution in [0.25, 0.3) is 5.95 Å². The second kappa shape index (κ2) is 5.30. The van der Waals surface area contributed by atoms with Crippen molar-refractivity contribution in [2.75, 3.05) is 12.4 Å². The number of anilines is 1. The molecule has 0 aliphatic carbocycles. The van der Waals surface area contributed by atoms with Crippen LogP contribution in [0, 0.1) is 0 Å². The third kappa shape index (κ3) is 2.95. The van der Waals surface area contributed by atoms with E-state index in [9.17, 15) is 0 Å². The topological polar surface area (TPSA) is 77.8 Å². The second-order valence-corrected chi connectivity index (χ2v) is 4.68. The van der Waals surface area contributed by atoms with Gasteiger partial charge in [0.05, 0.1) is 16.8 Å². The molecule has 0 saturated carbocycles. The lowest BCUT2D eigenvalue weighted by atomic mass is 10.5. The SMILES string of the molecule is CNc1nc(OC(C)C)nc(-n2cc(Br)cn2)n1. The number of ether oxygens (including phenoxy) is 1. The summed E-state index contributed by atoms with van der Waals surface area (Å²) < 4.78 is 7.86. The summed E-state index contributed by atoms with van der Waals surface area (Å²) in [6.07, 6.45) is 3.41. The van der Waals surface area contributed by atoms with Crippen LogP contribution >= 0.6 is 15.9 Å². The molecule has 0 aliphatic rings. The molecule has 0 saturated heterocycles. The molecule has 7 nitrogen and oxygen atoms in total. The second-order valence-electron chi connectivity index (χ2n) is 3.76. The molecule has 8 heteroatoms. The third-order valence-electron chi connectivity index (χ3n) is 1.92. The molecule has 0 fully saturated rings. The molecule has 18 heavy (non-hydrogen) atoms. The fraction of sp³-hybridized carbons (Fsp3) is 0.400. The molecule has 2 heterocycles. The largest absolute Gasteiger partial charge is 0.461 e. The van der Waals surface area contributed by atoms with Crippen molar-refractivity contribution < 1.29 is 4.74 Å². The summed E-state index contributed by atoms with van der Waals surface area (Å²) in [5, 5.41) is 6.98. The Bertz CT molecular complexity index is 541. The van der Waals surface area contributed by atoms with Crippen molar-refractivity contribution in [1.82, 2.24) is 24.7 Å². The van der Waals surface area contributed by atoms with Crippen LogP contribution in [-0.4, -0.2) is 37.9 Å². The van der Waals surface area contributed by atoms with Gasteiger partial charge in [-0.25, -0.2) is 4.68 Å². The quantitative estimate of drug-likeness (QED) is 0.925. The lowest BCUT2D eigenvalue weighted by Crippen LogP contribution is -2.13. The van der Waals surface area contributed by atoms with Gasteiger partial charge in [0.15, 0.2) is 0 Å². The zero-order valence-electron chi connectivity index (χ0n) is 10.3. The van der Waals surface area contributed by atoms with Crippen molar-refractivity contribution in [2.45, 2.75) is 20.0 Å². The van der Waals surface area contributed by atoms with Gasteiger partial charge in [-0.2, -0.15) is 20.1 Å². The number of nitrogens with one attached hydrogen (secondary N) is 1. The molecule has 0 bridgehead atoms. The van der Waals surface area contributed by atoms with Crippen molar-refractivity contribution in [3.8, 4) is 12.0 Å². The fourth-order valence-corrected chi connectivity index (χ4v) is 1.52. The van der Waals surface area contributed by atoms with Crippen LogP contribution in [0.3, 0.4) is 0 Å². The molecule has 2 rings (SSSR count). The number of aromatic nitrogens is 5. The van der Waals surface area contributed by atoms with E-state index < -0.39 is 0 Å². The summed E-state index contributed by atoms with van der Waals surface area (Å²) in [4.78, 5) is 12.5. The molecule has 1 N–H and O–H groups in total. The van der Waals surface area contributed by atoms with Gasteiger partial charge in [0.25, 0.3) is 5.95 Å². The van der Waals surface area contributed by atoms with E-state index in [1.54, 1.807) is 24.1 Å². The zero-order valence-corrected chi connectivity index (χ0v) is 11.8. The minimum absolute atomic E-state index is 0.00527. The molecule has 0 unspecified atom stereocenters. The Morgan fingerprint density at radius 1 is 1.33 bits per heavy atom. The first kappa shape index (κ1) is 12.7. The first-order chi connectivity index (χ1) is 8.58. The van der Waals surface area contributed by atoms with E-state index in [4.69, 9.17) is 4.74 Å². The van der Waals surface area contributed by atoms with Gasteiger partial charge < -0.3 is 10.1 Å². The zero-order chi connectivity index (χ0) is 13.1. The van der Waals surface area contributed by atoms with E-state index in [-0.39, 0.29) is 12.1 Å². The van der Waals surface area contributed by atoms with Crippen LogP contribution in [0.5, 0.6) is 6.01 Å². The standard InChI is InChI=1S/C10H13BrN6O/c1-6(2)18-10-15-8(12-3)14-9(16-10)17-5-7(11)4-13-17/h4-6H,1-3H3,(H,12,14,15,16). The van der Waals surface area contributed by atoms with E-state index in [2.05, 4.69) is 41.3 Å². The summed E-state index contributed by atoms with van der Waals surface area (Å²) in [6, 6.07) is 0.269. The Morgan fingerprint density at radius 3 is 2.67 bits per heavy atom. The molecule has 0 radical (unpaired) electrons. The number of hydrogen-bond donors (Lipinski definition) is 1. The summed E-state index contributed by atoms with van der Waals surface area (Å²) in [5.41, 5.74) is 0. The van der Waals surface area contributed by atoms with Crippen LogP contribution in [0.4, 0.5) is 5.95 Å². The highest BCUT2D eigenvalue weighted by atomic mass is 79.9. The maximum Gasteiger partial charge on any atom is 0.323 e. The van der Waals surface area contributed by atoms with Crippen molar-refractivity contribution in [3.05, 3.63) is 16.9 Å². The van der Waals surface area contributed by atoms with Gasteiger partial charge in [-0.3, -0.25) is 0 Å². The predicted octanol–water partition coefficient (Wildman–Crippen LogP) is 1.65. The number of nitrogens with zero attached hydrogens (tertiary/aromatic N) is 5. The highest BCUT2D eigenvalue weighted by molar-refractivity contribution is 9.10. The van der Waals surface area contributed by atoms with Crippen molar-refractivity contribution in [1.29, 1.82) is 0 Å². The van der Waals surface area contributed by atoms with E-state index in [1.165, 1.54) is 0 Å². The Labute approximate surface area is 113 Å². The Balaban J connectivity index is 2.40. The highest BCUT2D eigenvalue weighted by Gasteiger charge is 2.10.